The lowest BCUT2D eigenvalue weighted by molar-refractivity contribution is -0.139. The first-order valence-corrected chi connectivity index (χ1v) is 10.4. The van der Waals surface area contributed by atoms with Crippen molar-refractivity contribution in [3.8, 4) is 0 Å². The predicted molar refractivity (Wildman–Crippen MR) is 96.6 cm³/mol. The fraction of sp³-hybridized carbons (Fsp3) is 0.733. The monoisotopic (exact) mass is 429 g/mol. The highest BCUT2D eigenvalue weighted by Gasteiger charge is 2.48. The lowest BCUT2D eigenvalue weighted by Gasteiger charge is -2.29. The van der Waals surface area contributed by atoms with E-state index in [0.29, 0.717) is 25.4 Å². The fourth-order valence-corrected chi connectivity index (χ4v) is 4.44. The van der Waals surface area contributed by atoms with E-state index in [0.717, 1.165) is 24.6 Å². The van der Waals surface area contributed by atoms with Gasteiger partial charge in [-0.25, -0.2) is 15.3 Å². The number of hydrogen-bond acceptors (Lipinski definition) is 8. The van der Waals surface area contributed by atoms with Crippen LogP contribution in [-0.2, 0) is 31.8 Å². The SMILES string of the molecule is O=C(NOC[C@@H]1C[C@H](Cn2cncn2)CN1)C1CCC2CN1C(=O)N2OS(=O)O. The highest BCUT2D eigenvalue weighted by Crippen LogP contribution is 2.30. The zero-order chi connectivity index (χ0) is 20.4. The number of piperidine rings is 1. The zero-order valence-corrected chi connectivity index (χ0v) is 16.4. The van der Waals surface area contributed by atoms with E-state index in [-0.39, 0.29) is 18.6 Å². The minimum atomic E-state index is -2.59. The molecule has 3 amide bonds. The van der Waals surface area contributed by atoms with E-state index >= 15 is 0 Å². The first-order valence-electron chi connectivity index (χ1n) is 9.38. The minimum absolute atomic E-state index is 0.108. The molecule has 1 aromatic heterocycles. The van der Waals surface area contributed by atoms with Crippen molar-refractivity contribution < 1.29 is 27.5 Å². The Labute approximate surface area is 169 Å². The molecule has 0 radical (unpaired) electrons. The number of amides is 3. The maximum atomic E-state index is 12.5. The van der Waals surface area contributed by atoms with Crippen LogP contribution in [0.25, 0.3) is 0 Å². The summed E-state index contributed by atoms with van der Waals surface area (Å²) in [6.07, 6.45) is 4.99. The van der Waals surface area contributed by atoms with Gasteiger partial charge in [-0.2, -0.15) is 14.4 Å². The molecule has 29 heavy (non-hydrogen) atoms. The van der Waals surface area contributed by atoms with Gasteiger partial charge in [0.25, 0.3) is 5.91 Å². The summed E-state index contributed by atoms with van der Waals surface area (Å²) >= 11 is -2.59. The van der Waals surface area contributed by atoms with Crippen LogP contribution in [-0.4, -0.2) is 83.2 Å². The number of nitrogens with one attached hydrogen (secondary N) is 2. The van der Waals surface area contributed by atoms with Crippen molar-refractivity contribution in [2.75, 3.05) is 19.7 Å². The summed E-state index contributed by atoms with van der Waals surface area (Å²) in [5.41, 5.74) is 2.43. The molecule has 0 aromatic carbocycles. The summed E-state index contributed by atoms with van der Waals surface area (Å²) < 4.78 is 26.1. The second-order valence-corrected chi connectivity index (χ2v) is 7.98. The number of carbonyl (C=O) groups excluding carboxylic acids is 2. The van der Waals surface area contributed by atoms with Crippen molar-refractivity contribution in [3.05, 3.63) is 12.7 Å². The number of rotatable bonds is 8. The summed E-state index contributed by atoms with van der Waals surface area (Å²) in [6.45, 7) is 2.17. The average Bonchev–Trinajstić information content (AvgIpc) is 3.41. The van der Waals surface area contributed by atoms with Crippen molar-refractivity contribution >= 4 is 23.3 Å². The first kappa shape index (κ1) is 20.2. The van der Waals surface area contributed by atoms with Gasteiger partial charge < -0.3 is 10.2 Å². The fourth-order valence-electron chi connectivity index (χ4n) is 4.11. The Morgan fingerprint density at radius 2 is 2.31 bits per heavy atom. The summed E-state index contributed by atoms with van der Waals surface area (Å²) in [6, 6.07) is -1.52. The predicted octanol–water partition coefficient (Wildman–Crippen LogP) is -1.36. The van der Waals surface area contributed by atoms with E-state index in [1.54, 1.807) is 11.0 Å². The Hall–Kier alpha value is -2.13. The van der Waals surface area contributed by atoms with E-state index in [2.05, 4.69) is 25.2 Å². The molecule has 13 nitrogen and oxygen atoms in total. The summed E-state index contributed by atoms with van der Waals surface area (Å²) in [4.78, 5) is 35.4. The second-order valence-electron chi connectivity index (χ2n) is 7.40. The molecule has 14 heteroatoms. The van der Waals surface area contributed by atoms with E-state index in [4.69, 9.17) is 9.39 Å². The molecule has 4 rings (SSSR count). The van der Waals surface area contributed by atoms with Crippen LogP contribution >= 0.6 is 0 Å². The number of carbonyl (C=O) groups is 2. The van der Waals surface area contributed by atoms with E-state index < -0.39 is 29.3 Å². The third kappa shape index (κ3) is 4.56. The van der Waals surface area contributed by atoms with Crippen molar-refractivity contribution in [2.45, 2.75) is 43.9 Å². The molecular weight excluding hydrogens is 406 g/mol. The van der Waals surface area contributed by atoms with Crippen molar-refractivity contribution in [2.24, 2.45) is 5.92 Å². The van der Waals surface area contributed by atoms with Crippen LogP contribution in [0.3, 0.4) is 0 Å². The van der Waals surface area contributed by atoms with Gasteiger partial charge in [0.15, 0.2) is 0 Å². The van der Waals surface area contributed by atoms with Crippen molar-refractivity contribution in [1.82, 2.24) is 35.5 Å². The van der Waals surface area contributed by atoms with Gasteiger partial charge in [-0.15, -0.1) is 4.28 Å². The molecule has 4 heterocycles. The van der Waals surface area contributed by atoms with Gasteiger partial charge in [0.2, 0.25) is 0 Å². The summed E-state index contributed by atoms with van der Waals surface area (Å²) in [7, 11) is 0. The van der Waals surface area contributed by atoms with E-state index in [1.807, 2.05) is 0 Å². The molecule has 3 fully saturated rings. The van der Waals surface area contributed by atoms with Gasteiger partial charge in [-0.3, -0.25) is 18.9 Å². The van der Waals surface area contributed by atoms with Gasteiger partial charge in [0, 0.05) is 25.7 Å². The number of hydroxylamine groups is 3. The Morgan fingerprint density at radius 1 is 1.45 bits per heavy atom. The molecule has 3 unspecified atom stereocenters. The molecule has 3 saturated heterocycles. The highest BCUT2D eigenvalue weighted by molar-refractivity contribution is 7.74. The zero-order valence-electron chi connectivity index (χ0n) is 15.5. The average molecular weight is 429 g/mol. The molecule has 3 N–H and O–H groups in total. The molecule has 0 aliphatic carbocycles. The smallest absolute Gasteiger partial charge is 0.311 e. The third-order valence-corrected chi connectivity index (χ3v) is 5.74. The van der Waals surface area contributed by atoms with Crippen LogP contribution < -0.4 is 10.8 Å². The lowest BCUT2D eigenvalue weighted by Crippen LogP contribution is -2.50. The van der Waals surface area contributed by atoms with Gasteiger partial charge in [0.1, 0.15) is 18.7 Å². The van der Waals surface area contributed by atoms with Crippen LogP contribution in [0.4, 0.5) is 4.79 Å². The standard InChI is InChI=1S/C15H23N7O6S/c23-14(13-2-1-12-6-21(13)15(24)22(12)28-29(25)26)19-27-7-11-3-10(4-17-11)5-20-9-16-8-18-20/h8-13,17H,1-7H2,(H,19,23)(H,25,26)/t10-,11-,12?,13?/m0/s1. The van der Waals surface area contributed by atoms with Crippen LogP contribution in [0.5, 0.6) is 0 Å². The Bertz CT molecular complexity index is 764. The van der Waals surface area contributed by atoms with Crippen molar-refractivity contribution in [3.63, 3.8) is 0 Å². The molecule has 160 valence electrons. The first-order chi connectivity index (χ1) is 14.0. The lowest BCUT2D eigenvalue weighted by atomic mass is 10.0. The van der Waals surface area contributed by atoms with Gasteiger partial charge in [-0.05, 0) is 25.2 Å². The molecule has 3 aliphatic heterocycles. The molecular formula is C15H23N7O6S. The number of fused-ring (bicyclic) bond motifs is 2. The van der Waals surface area contributed by atoms with Crippen LogP contribution in [0.1, 0.15) is 19.3 Å². The van der Waals surface area contributed by atoms with Crippen LogP contribution in [0, 0.1) is 5.92 Å². The molecule has 0 spiro atoms. The Morgan fingerprint density at radius 3 is 3.07 bits per heavy atom. The quantitative estimate of drug-likeness (QED) is 0.336. The van der Waals surface area contributed by atoms with E-state index in [9.17, 15) is 13.8 Å². The summed E-state index contributed by atoms with van der Waals surface area (Å²) in [5.74, 6) is -0.0116. The highest BCUT2D eigenvalue weighted by atomic mass is 32.2. The van der Waals surface area contributed by atoms with Gasteiger partial charge in [0.05, 0.1) is 12.6 Å². The second kappa shape index (κ2) is 8.71. The largest absolute Gasteiger partial charge is 0.346 e. The third-order valence-electron chi connectivity index (χ3n) is 5.45. The van der Waals surface area contributed by atoms with E-state index in [1.165, 1.54) is 11.2 Å². The maximum Gasteiger partial charge on any atom is 0.346 e. The normalized spacial score (nSPS) is 30.0. The molecule has 1 aromatic rings. The topological polar surface area (TPSA) is 151 Å². The Balaban J connectivity index is 1.20. The number of hydrogen-bond donors (Lipinski definition) is 3. The Kier molecular flexibility index (Phi) is 6.05. The number of urea groups is 1. The minimum Gasteiger partial charge on any atom is -0.311 e. The molecule has 2 bridgehead atoms. The molecule has 0 saturated carbocycles. The van der Waals surface area contributed by atoms with Crippen LogP contribution in [0.2, 0.25) is 0 Å². The number of aromatic nitrogens is 3. The van der Waals surface area contributed by atoms with Crippen molar-refractivity contribution in [1.29, 1.82) is 0 Å². The van der Waals surface area contributed by atoms with Gasteiger partial charge in [-0.1, -0.05) is 0 Å². The maximum absolute atomic E-state index is 12.5. The van der Waals surface area contributed by atoms with Crippen LogP contribution in [0.15, 0.2) is 12.7 Å². The molecule has 3 aliphatic rings. The van der Waals surface area contributed by atoms with Gasteiger partial charge >= 0.3 is 17.4 Å². The number of nitrogens with zero attached hydrogens (tertiary/aromatic N) is 5. The summed E-state index contributed by atoms with van der Waals surface area (Å²) in [5, 5.41) is 8.33. The molecule has 5 atom stereocenters.